The summed E-state index contributed by atoms with van der Waals surface area (Å²) in [5, 5.41) is 11.3. The molecule has 226 valence electrons. The Morgan fingerprint density at radius 1 is 0.333 bits per heavy atom. The minimum atomic E-state index is 0.501. The maximum Gasteiger partial charge on any atom is 0.248 e. The molecule has 0 fully saturated rings. The topological polar surface area (TPSA) is 38.9 Å². The van der Waals surface area contributed by atoms with Crippen LogP contribution in [0.15, 0.2) is 174 Å². The molecule has 0 aliphatic carbocycles. The van der Waals surface area contributed by atoms with Gasteiger partial charge in [-0.2, -0.15) is 0 Å². The molecule has 0 bridgehead atoms. The van der Waals surface area contributed by atoms with Crippen LogP contribution in [0.2, 0.25) is 0 Å². The summed E-state index contributed by atoms with van der Waals surface area (Å²) in [4.78, 5) is 0. The fourth-order valence-electron chi connectivity index (χ4n) is 6.48. The lowest BCUT2D eigenvalue weighted by molar-refractivity contribution is 0.584. The lowest BCUT2D eigenvalue weighted by Gasteiger charge is -2.10. The molecule has 0 amide bonds. The Balaban J connectivity index is 1.29. The van der Waals surface area contributed by atoms with Gasteiger partial charge in [0.15, 0.2) is 0 Å². The van der Waals surface area contributed by atoms with Crippen molar-refractivity contribution in [2.24, 2.45) is 0 Å². The summed E-state index contributed by atoms with van der Waals surface area (Å²) in [6, 6.07) is 59.8. The second-order valence-electron chi connectivity index (χ2n) is 11.9. The molecule has 0 spiro atoms. The van der Waals surface area contributed by atoms with Crippen LogP contribution in [0, 0.1) is 0 Å². The van der Waals surface area contributed by atoms with Crippen LogP contribution < -0.4 is 0 Å². The van der Waals surface area contributed by atoms with Crippen LogP contribution in [0.5, 0.6) is 0 Å². The first-order chi connectivity index (χ1) is 23.8. The highest BCUT2D eigenvalue weighted by Gasteiger charge is 2.19. The normalized spacial score (nSPS) is 11.3. The number of rotatable bonds is 6. The Hall–Kier alpha value is -6.10. The summed E-state index contributed by atoms with van der Waals surface area (Å²) < 4.78 is 8.71. The number of benzene rings is 7. The van der Waals surface area contributed by atoms with Crippen molar-refractivity contribution in [1.82, 2.24) is 10.2 Å². The van der Waals surface area contributed by atoms with Gasteiger partial charge in [-0.25, -0.2) is 0 Å². The zero-order valence-electron chi connectivity index (χ0n) is 25.9. The largest absolute Gasteiger partial charge is 0.416 e. The second kappa shape index (κ2) is 11.9. The SMILES string of the molecule is c1ccc(-c2cc(-c3ccccc3)c3sc4c(-c5cccc(-c6nnc(-c7ccccc7)o6)c5)cc(-c5ccccc5)cc4c3c2)cc1. The third kappa shape index (κ3) is 5.09. The van der Waals surface area contributed by atoms with E-state index >= 15 is 0 Å². The zero-order chi connectivity index (χ0) is 31.9. The summed E-state index contributed by atoms with van der Waals surface area (Å²) >= 11 is 1.86. The smallest absolute Gasteiger partial charge is 0.248 e. The molecule has 0 atom stereocenters. The van der Waals surface area contributed by atoms with Crippen molar-refractivity contribution >= 4 is 31.5 Å². The molecule has 0 radical (unpaired) electrons. The van der Waals surface area contributed by atoms with Crippen molar-refractivity contribution in [3.8, 4) is 67.4 Å². The van der Waals surface area contributed by atoms with Crippen LogP contribution >= 0.6 is 11.3 Å². The average Bonchev–Trinajstić information content (AvgIpc) is 3.82. The van der Waals surface area contributed by atoms with Crippen molar-refractivity contribution in [3.05, 3.63) is 170 Å². The van der Waals surface area contributed by atoms with Gasteiger partial charge in [-0.05, 0) is 81.9 Å². The summed E-state index contributed by atoms with van der Waals surface area (Å²) in [7, 11) is 0. The molecule has 0 saturated heterocycles. The van der Waals surface area contributed by atoms with Gasteiger partial charge in [0.05, 0.1) is 0 Å². The van der Waals surface area contributed by atoms with Gasteiger partial charge >= 0.3 is 0 Å². The molecular weight excluding hydrogens is 605 g/mol. The van der Waals surface area contributed by atoms with Crippen LogP contribution in [0.3, 0.4) is 0 Å². The summed E-state index contributed by atoms with van der Waals surface area (Å²) in [6.45, 7) is 0. The Kier molecular flexibility index (Phi) is 6.99. The molecule has 2 aromatic heterocycles. The molecule has 0 saturated carbocycles. The van der Waals surface area contributed by atoms with E-state index in [9.17, 15) is 0 Å². The van der Waals surface area contributed by atoms with Gasteiger partial charge in [0.25, 0.3) is 0 Å². The van der Waals surface area contributed by atoms with E-state index in [4.69, 9.17) is 4.42 Å². The fourth-order valence-corrected chi connectivity index (χ4v) is 7.81. The molecule has 0 aliphatic heterocycles. The maximum atomic E-state index is 6.18. The van der Waals surface area contributed by atoms with Crippen LogP contribution in [0.1, 0.15) is 0 Å². The molecule has 9 rings (SSSR count). The van der Waals surface area contributed by atoms with E-state index in [1.165, 1.54) is 59.1 Å². The number of fused-ring (bicyclic) bond motifs is 3. The predicted octanol–water partition coefficient (Wildman–Crippen LogP) is 12.4. The van der Waals surface area contributed by atoms with Gasteiger partial charge in [-0.15, -0.1) is 21.5 Å². The average molecular weight is 633 g/mol. The quantitative estimate of drug-likeness (QED) is 0.183. The van der Waals surface area contributed by atoms with Crippen molar-refractivity contribution in [2.75, 3.05) is 0 Å². The minimum Gasteiger partial charge on any atom is -0.416 e. The lowest BCUT2D eigenvalue weighted by Crippen LogP contribution is -1.85. The van der Waals surface area contributed by atoms with Crippen LogP contribution in [-0.4, -0.2) is 10.2 Å². The first kappa shape index (κ1) is 28.1. The molecule has 7 aromatic carbocycles. The highest BCUT2D eigenvalue weighted by atomic mass is 32.1. The van der Waals surface area contributed by atoms with E-state index in [1.54, 1.807) is 0 Å². The first-order valence-electron chi connectivity index (χ1n) is 16.0. The number of hydrogen-bond acceptors (Lipinski definition) is 4. The zero-order valence-corrected chi connectivity index (χ0v) is 26.7. The molecule has 48 heavy (non-hydrogen) atoms. The van der Waals surface area contributed by atoms with Crippen LogP contribution in [0.25, 0.3) is 87.6 Å². The number of thiophene rings is 1. The van der Waals surface area contributed by atoms with Crippen molar-refractivity contribution < 1.29 is 4.42 Å². The highest BCUT2D eigenvalue weighted by Crippen LogP contribution is 2.47. The second-order valence-corrected chi connectivity index (χ2v) is 12.9. The van der Waals surface area contributed by atoms with E-state index < -0.39 is 0 Å². The predicted molar refractivity (Wildman–Crippen MR) is 200 cm³/mol. The van der Waals surface area contributed by atoms with Crippen molar-refractivity contribution in [3.63, 3.8) is 0 Å². The Morgan fingerprint density at radius 3 is 1.29 bits per heavy atom. The molecule has 0 N–H and O–H groups in total. The summed E-state index contributed by atoms with van der Waals surface area (Å²) in [6.07, 6.45) is 0. The van der Waals surface area contributed by atoms with Crippen molar-refractivity contribution in [2.45, 2.75) is 0 Å². The number of hydrogen-bond donors (Lipinski definition) is 0. The summed E-state index contributed by atoms with van der Waals surface area (Å²) in [5.74, 6) is 1.01. The van der Waals surface area contributed by atoms with Crippen molar-refractivity contribution in [1.29, 1.82) is 0 Å². The number of nitrogens with zero attached hydrogens (tertiary/aromatic N) is 2. The van der Waals surface area contributed by atoms with Gasteiger partial charge in [0.2, 0.25) is 11.8 Å². The fraction of sp³-hybridized carbons (Fsp3) is 0. The first-order valence-corrected chi connectivity index (χ1v) is 16.8. The van der Waals surface area contributed by atoms with Crippen LogP contribution in [-0.2, 0) is 0 Å². The molecular formula is C44H28N2OS. The Bertz CT molecular complexity index is 2540. The molecule has 0 aliphatic rings. The van der Waals surface area contributed by atoms with E-state index in [-0.39, 0.29) is 0 Å². The monoisotopic (exact) mass is 632 g/mol. The van der Waals surface area contributed by atoms with Gasteiger partial charge in [0.1, 0.15) is 0 Å². The molecule has 9 aromatic rings. The van der Waals surface area contributed by atoms with E-state index in [0.29, 0.717) is 11.8 Å². The Labute approximate surface area is 282 Å². The molecule has 3 nitrogen and oxygen atoms in total. The lowest BCUT2D eigenvalue weighted by atomic mass is 9.93. The third-order valence-electron chi connectivity index (χ3n) is 8.84. The molecule has 4 heteroatoms. The molecule has 0 unspecified atom stereocenters. The highest BCUT2D eigenvalue weighted by molar-refractivity contribution is 7.27. The van der Waals surface area contributed by atoms with Crippen LogP contribution in [0.4, 0.5) is 0 Å². The van der Waals surface area contributed by atoms with Gasteiger partial charge < -0.3 is 4.42 Å². The van der Waals surface area contributed by atoms with Gasteiger partial charge in [0, 0.05) is 42.4 Å². The number of aromatic nitrogens is 2. The van der Waals surface area contributed by atoms with E-state index in [0.717, 1.165) is 16.7 Å². The standard InChI is InChI=1S/C44H28N2OS/c1-5-14-29(15-6-1)35-25-37(31-18-9-3-10-19-31)41-39(27-35)40-28-36(30-16-7-2-8-17-30)26-38(42(40)48-41)33-22-13-23-34(24-33)44-46-45-43(47-44)32-20-11-4-12-21-32/h1-28H. The summed E-state index contributed by atoms with van der Waals surface area (Å²) in [5.41, 5.74) is 11.3. The molecule has 2 heterocycles. The Morgan fingerprint density at radius 2 is 0.750 bits per heavy atom. The van der Waals surface area contributed by atoms with E-state index in [1.807, 2.05) is 47.7 Å². The maximum absolute atomic E-state index is 6.18. The van der Waals surface area contributed by atoms with E-state index in [2.05, 4.69) is 144 Å². The van der Waals surface area contributed by atoms with Gasteiger partial charge in [-0.3, -0.25) is 0 Å². The van der Waals surface area contributed by atoms with Gasteiger partial charge in [-0.1, -0.05) is 121 Å². The minimum absolute atomic E-state index is 0.501. The third-order valence-corrected chi connectivity index (χ3v) is 10.1.